The number of benzene rings is 2. The van der Waals surface area contributed by atoms with Crippen LogP contribution in [0.2, 0.25) is 0 Å². The number of rotatable bonds is 10. The molecule has 0 fully saturated rings. The van der Waals surface area contributed by atoms with Gasteiger partial charge in [0.25, 0.3) is 0 Å². The van der Waals surface area contributed by atoms with Crippen molar-refractivity contribution in [2.75, 3.05) is 13.2 Å². The summed E-state index contributed by atoms with van der Waals surface area (Å²) in [6.07, 6.45) is 0.113. The third-order valence-corrected chi connectivity index (χ3v) is 3.79. The molecule has 0 aromatic heterocycles. The lowest BCUT2D eigenvalue weighted by molar-refractivity contribution is -0.142. The molecule has 1 N–H and O–H groups in total. The molecule has 0 heterocycles. The van der Waals surface area contributed by atoms with Gasteiger partial charge in [-0.1, -0.05) is 60.7 Å². The quantitative estimate of drug-likeness (QED) is 0.515. The van der Waals surface area contributed by atoms with Crippen LogP contribution in [0.15, 0.2) is 60.7 Å². The highest BCUT2D eigenvalue weighted by Gasteiger charge is 2.11. The molecule has 2 rings (SSSR count). The first-order valence-corrected chi connectivity index (χ1v) is 8.65. The number of hydrogen-bond acceptors (Lipinski definition) is 5. The van der Waals surface area contributed by atoms with Crippen molar-refractivity contribution in [3.05, 3.63) is 71.8 Å². The molecule has 0 radical (unpaired) electrons. The van der Waals surface area contributed by atoms with E-state index in [1.165, 1.54) is 0 Å². The van der Waals surface area contributed by atoms with Crippen molar-refractivity contribution in [1.29, 1.82) is 0 Å². The Kier molecular flexibility index (Phi) is 7.91. The SMILES string of the molecule is O=C(CCC(=O)c1ccccc1)NCCC(=O)OCC(=O)c1ccccc1. The van der Waals surface area contributed by atoms with Gasteiger partial charge in [-0.05, 0) is 0 Å². The van der Waals surface area contributed by atoms with Crippen molar-refractivity contribution in [2.24, 2.45) is 0 Å². The van der Waals surface area contributed by atoms with Gasteiger partial charge in [0.05, 0.1) is 6.42 Å². The maximum absolute atomic E-state index is 11.9. The fourth-order valence-electron chi connectivity index (χ4n) is 2.31. The second kappa shape index (κ2) is 10.7. The summed E-state index contributed by atoms with van der Waals surface area (Å²) in [4.78, 5) is 47.1. The average Bonchev–Trinajstić information content (AvgIpc) is 2.71. The standard InChI is InChI=1S/C21H21NO5/c23-18(16-7-3-1-4-8-16)11-12-20(25)22-14-13-21(26)27-15-19(24)17-9-5-2-6-10-17/h1-10H,11-15H2,(H,22,25). The number of ether oxygens (including phenoxy) is 1. The van der Waals surface area contributed by atoms with Crippen molar-refractivity contribution in [1.82, 2.24) is 5.32 Å². The van der Waals surface area contributed by atoms with Crippen LogP contribution >= 0.6 is 0 Å². The van der Waals surface area contributed by atoms with Crippen LogP contribution in [0.4, 0.5) is 0 Å². The van der Waals surface area contributed by atoms with Crippen molar-refractivity contribution in [2.45, 2.75) is 19.3 Å². The Balaban J connectivity index is 1.59. The number of amides is 1. The van der Waals surface area contributed by atoms with Gasteiger partial charge in [0.1, 0.15) is 0 Å². The Labute approximate surface area is 157 Å². The zero-order chi connectivity index (χ0) is 19.5. The lowest BCUT2D eigenvalue weighted by Gasteiger charge is -2.06. The number of carbonyl (C=O) groups excluding carboxylic acids is 4. The van der Waals surface area contributed by atoms with Crippen LogP contribution in [0.1, 0.15) is 40.0 Å². The Hall–Kier alpha value is -3.28. The Morgan fingerprint density at radius 2 is 1.26 bits per heavy atom. The number of ketones is 2. The topological polar surface area (TPSA) is 89.5 Å². The number of carbonyl (C=O) groups is 4. The van der Waals surface area contributed by atoms with Gasteiger partial charge in [-0.15, -0.1) is 0 Å². The van der Waals surface area contributed by atoms with E-state index < -0.39 is 5.97 Å². The molecule has 0 saturated carbocycles. The number of esters is 1. The summed E-state index contributed by atoms with van der Waals surface area (Å²) >= 11 is 0. The summed E-state index contributed by atoms with van der Waals surface area (Å²) in [5.41, 5.74) is 1.04. The third kappa shape index (κ3) is 7.23. The molecule has 0 aliphatic rings. The predicted octanol–water partition coefficient (Wildman–Crippen LogP) is 2.58. The van der Waals surface area contributed by atoms with Crippen molar-refractivity contribution < 1.29 is 23.9 Å². The molecule has 2 aromatic rings. The first-order valence-electron chi connectivity index (χ1n) is 8.65. The Bertz CT molecular complexity index is 719. The van der Waals surface area contributed by atoms with Gasteiger partial charge in [-0.2, -0.15) is 0 Å². The van der Waals surface area contributed by atoms with Gasteiger partial charge in [0.15, 0.2) is 18.2 Å². The third-order valence-electron chi connectivity index (χ3n) is 3.79. The van der Waals surface area contributed by atoms with Gasteiger partial charge < -0.3 is 10.1 Å². The molecular weight excluding hydrogens is 346 g/mol. The van der Waals surface area contributed by atoms with Crippen LogP contribution in [-0.4, -0.2) is 36.6 Å². The second-order valence-electron chi connectivity index (χ2n) is 5.84. The molecule has 0 unspecified atom stereocenters. The molecule has 0 aliphatic heterocycles. The van der Waals surface area contributed by atoms with Gasteiger partial charge in [-0.25, -0.2) is 0 Å². The highest BCUT2D eigenvalue weighted by Crippen LogP contribution is 2.05. The fourth-order valence-corrected chi connectivity index (χ4v) is 2.31. The zero-order valence-electron chi connectivity index (χ0n) is 14.9. The monoisotopic (exact) mass is 367 g/mol. The van der Waals surface area contributed by atoms with E-state index in [1.54, 1.807) is 54.6 Å². The van der Waals surface area contributed by atoms with Gasteiger partial charge in [-0.3, -0.25) is 19.2 Å². The molecule has 140 valence electrons. The van der Waals surface area contributed by atoms with Gasteiger partial charge >= 0.3 is 5.97 Å². The minimum absolute atomic E-state index is 0.0412. The molecule has 27 heavy (non-hydrogen) atoms. The summed E-state index contributed by atoms with van der Waals surface area (Å²) in [7, 11) is 0. The maximum Gasteiger partial charge on any atom is 0.308 e. The summed E-state index contributed by atoms with van der Waals surface area (Å²) in [6, 6.07) is 17.3. The minimum Gasteiger partial charge on any atom is -0.457 e. The van der Waals surface area contributed by atoms with Crippen LogP contribution in [0.25, 0.3) is 0 Å². The number of nitrogens with one attached hydrogen (secondary N) is 1. The fraction of sp³-hybridized carbons (Fsp3) is 0.238. The smallest absolute Gasteiger partial charge is 0.308 e. The molecule has 1 amide bonds. The summed E-state index contributed by atoms with van der Waals surface area (Å²) in [5, 5.41) is 2.56. The van der Waals surface area contributed by atoms with Crippen LogP contribution in [0.3, 0.4) is 0 Å². The summed E-state index contributed by atoms with van der Waals surface area (Å²) in [6.45, 7) is -0.237. The molecule has 0 spiro atoms. The first-order chi connectivity index (χ1) is 13.1. The summed E-state index contributed by atoms with van der Waals surface area (Å²) in [5.74, 6) is -1.27. The molecule has 0 atom stereocenters. The second-order valence-corrected chi connectivity index (χ2v) is 5.84. The lowest BCUT2D eigenvalue weighted by atomic mass is 10.1. The molecule has 0 bridgehead atoms. The first kappa shape index (κ1) is 20.0. The van der Waals surface area contributed by atoms with Crippen LogP contribution in [0, 0.1) is 0 Å². The molecule has 2 aromatic carbocycles. The van der Waals surface area contributed by atoms with Crippen molar-refractivity contribution in [3.8, 4) is 0 Å². The predicted molar refractivity (Wildman–Crippen MR) is 99.4 cm³/mol. The lowest BCUT2D eigenvalue weighted by Crippen LogP contribution is -2.27. The van der Waals surface area contributed by atoms with Crippen LogP contribution in [0.5, 0.6) is 0 Å². The van der Waals surface area contributed by atoms with E-state index in [0.29, 0.717) is 11.1 Å². The van der Waals surface area contributed by atoms with E-state index in [9.17, 15) is 19.2 Å². The van der Waals surface area contributed by atoms with Crippen LogP contribution in [-0.2, 0) is 14.3 Å². The average molecular weight is 367 g/mol. The van der Waals surface area contributed by atoms with Gasteiger partial charge in [0.2, 0.25) is 5.91 Å². The van der Waals surface area contributed by atoms with Crippen LogP contribution < -0.4 is 5.32 Å². The Morgan fingerprint density at radius 1 is 0.704 bits per heavy atom. The molecule has 0 saturated heterocycles. The van der Waals surface area contributed by atoms with E-state index in [2.05, 4.69) is 5.32 Å². The maximum atomic E-state index is 11.9. The van der Waals surface area contributed by atoms with Crippen molar-refractivity contribution >= 4 is 23.4 Å². The number of hydrogen-bond donors (Lipinski definition) is 1. The van der Waals surface area contributed by atoms with E-state index in [0.717, 1.165) is 0 Å². The molecule has 6 heteroatoms. The zero-order valence-corrected chi connectivity index (χ0v) is 14.9. The summed E-state index contributed by atoms with van der Waals surface area (Å²) < 4.78 is 4.90. The van der Waals surface area contributed by atoms with Crippen molar-refractivity contribution in [3.63, 3.8) is 0 Å². The minimum atomic E-state index is -0.569. The largest absolute Gasteiger partial charge is 0.457 e. The van der Waals surface area contributed by atoms with E-state index in [1.807, 2.05) is 6.07 Å². The normalized spacial score (nSPS) is 10.1. The molecule has 0 aliphatic carbocycles. The van der Waals surface area contributed by atoms with E-state index in [4.69, 9.17) is 4.74 Å². The number of Topliss-reactive ketones (excluding diaryl/α,β-unsaturated/α-hetero) is 2. The highest BCUT2D eigenvalue weighted by atomic mass is 16.5. The van der Waals surface area contributed by atoms with E-state index >= 15 is 0 Å². The highest BCUT2D eigenvalue weighted by molar-refractivity contribution is 5.98. The molecule has 6 nitrogen and oxygen atoms in total. The van der Waals surface area contributed by atoms with Gasteiger partial charge in [0, 0.05) is 30.5 Å². The van der Waals surface area contributed by atoms with E-state index in [-0.39, 0.29) is 49.9 Å². The molecular formula is C21H21NO5. The Morgan fingerprint density at radius 3 is 1.85 bits per heavy atom.